The van der Waals surface area contributed by atoms with Crippen LogP contribution in [0.1, 0.15) is 131 Å². The van der Waals surface area contributed by atoms with Crippen LogP contribution in [0.15, 0.2) is 0 Å². The van der Waals surface area contributed by atoms with Gasteiger partial charge in [0.15, 0.2) is 0 Å². The summed E-state index contributed by atoms with van der Waals surface area (Å²) in [6.07, 6.45) is 20.9. The van der Waals surface area contributed by atoms with Crippen LogP contribution in [0.25, 0.3) is 0 Å². The highest BCUT2D eigenvalue weighted by Gasteiger charge is 2.60. The van der Waals surface area contributed by atoms with Gasteiger partial charge in [-0.25, -0.2) is 0 Å². The van der Waals surface area contributed by atoms with Crippen molar-refractivity contribution in [3.05, 3.63) is 0 Å². The molecule has 0 aliphatic heterocycles. The highest BCUT2D eigenvalue weighted by molar-refractivity contribution is 5.10. The zero-order valence-corrected chi connectivity index (χ0v) is 21.0. The van der Waals surface area contributed by atoms with Crippen LogP contribution in [0.4, 0.5) is 0 Å². The van der Waals surface area contributed by atoms with Crippen LogP contribution in [0, 0.1) is 46.3 Å². The van der Waals surface area contributed by atoms with Crippen LogP contribution in [0.5, 0.6) is 0 Å². The molecule has 4 aliphatic carbocycles. The Morgan fingerprint density at radius 2 is 1.57 bits per heavy atom. The normalized spacial score (nSPS) is 49.2. The minimum atomic E-state index is -0.396. The first-order valence-corrected chi connectivity index (χ1v) is 13.9. The second-order valence-corrected chi connectivity index (χ2v) is 13.4. The molecule has 174 valence electrons. The molecule has 0 spiro atoms. The van der Waals surface area contributed by atoms with E-state index in [-0.39, 0.29) is 0 Å². The highest BCUT2D eigenvalue weighted by Crippen LogP contribution is 2.68. The number of rotatable bonds is 7. The van der Waals surface area contributed by atoms with E-state index in [1.807, 2.05) is 0 Å². The van der Waals surface area contributed by atoms with E-state index in [0.717, 1.165) is 48.3 Å². The average molecular weight is 417 g/mol. The van der Waals surface area contributed by atoms with E-state index >= 15 is 0 Å². The van der Waals surface area contributed by atoms with Gasteiger partial charge >= 0.3 is 0 Å². The van der Waals surface area contributed by atoms with E-state index in [1.165, 1.54) is 83.5 Å². The smallest absolute Gasteiger partial charge is 0.0622 e. The molecule has 0 bridgehead atoms. The van der Waals surface area contributed by atoms with Gasteiger partial charge in [0.05, 0.1) is 5.60 Å². The molecular weight excluding hydrogens is 364 g/mol. The van der Waals surface area contributed by atoms with Crippen LogP contribution >= 0.6 is 0 Å². The Bertz CT molecular complexity index is 581. The zero-order chi connectivity index (χ0) is 21.6. The van der Waals surface area contributed by atoms with Crippen molar-refractivity contribution in [1.29, 1.82) is 0 Å². The maximum absolute atomic E-state index is 10.7. The molecule has 0 radical (unpaired) electrons. The van der Waals surface area contributed by atoms with Crippen molar-refractivity contribution in [2.75, 3.05) is 0 Å². The van der Waals surface area contributed by atoms with Crippen LogP contribution in [-0.2, 0) is 0 Å². The molecule has 6 unspecified atom stereocenters. The summed E-state index contributed by atoms with van der Waals surface area (Å²) >= 11 is 0. The van der Waals surface area contributed by atoms with Crippen molar-refractivity contribution in [3.63, 3.8) is 0 Å². The van der Waals surface area contributed by atoms with Crippen molar-refractivity contribution >= 4 is 0 Å². The minimum absolute atomic E-state index is 0.396. The third-order valence-corrected chi connectivity index (χ3v) is 11.5. The first-order chi connectivity index (χ1) is 14.2. The van der Waals surface area contributed by atoms with E-state index in [4.69, 9.17) is 0 Å². The third-order valence-electron chi connectivity index (χ3n) is 11.5. The summed E-state index contributed by atoms with van der Waals surface area (Å²) in [6.45, 7) is 12.3. The number of aliphatic hydroxyl groups is 1. The Hall–Kier alpha value is -0.0400. The molecule has 4 rings (SSSR count). The van der Waals surface area contributed by atoms with Crippen molar-refractivity contribution in [3.8, 4) is 0 Å². The molecule has 1 nitrogen and oxygen atoms in total. The summed E-state index contributed by atoms with van der Waals surface area (Å²) < 4.78 is 0. The van der Waals surface area contributed by atoms with Crippen molar-refractivity contribution in [2.45, 2.75) is 137 Å². The summed E-state index contributed by atoms with van der Waals surface area (Å²) in [6, 6.07) is 0. The number of unbranched alkanes of at least 4 members (excludes halogenated alkanes) is 1. The molecule has 0 aromatic carbocycles. The maximum Gasteiger partial charge on any atom is 0.0622 e. The fourth-order valence-electron chi connectivity index (χ4n) is 9.42. The highest BCUT2D eigenvalue weighted by atomic mass is 16.3. The van der Waals surface area contributed by atoms with Crippen LogP contribution in [-0.4, -0.2) is 10.7 Å². The first-order valence-electron chi connectivity index (χ1n) is 13.9. The molecule has 9 atom stereocenters. The lowest BCUT2D eigenvalue weighted by Crippen LogP contribution is -2.55. The largest absolute Gasteiger partial charge is 0.390 e. The van der Waals surface area contributed by atoms with Gasteiger partial charge in [0.2, 0.25) is 0 Å². The lowest BCUT2D eigenvalue weighted by Gasteiger charge is -2.62. The summed E-state index contributed by atoms with van der Waals surface area (Å²) in [5.74, 6) is 5.64. The van der Waals surface area contributed by atoms with E-state index in [1.54, 1.807) is 0 Å². The van der Waals surface area contributed by atoms with Crippen LogP contribution < -0.4 is 0 Å². The second kappa shape index (κ2) is 8.72. The molecule has 30 heavy (non-hydrogen) atoms. The van der Waals surface area contributed by atoms with E-state index in [2.05, 4.69) is 34.6 Å². The topological polar surface area (TPSA) is 20.2 Å². The SMILES string of the molecule is CCCCC(C)CCC[C@H]1CCC2C3CCC4C[C@@](C)(O)CCC4(C)C3CC[C@@]21C. The molecule has 1 heteroatoms. The Morgan fingerprint density at radius 3 is 2.33 bits per heavy atom. The van der Waals surface area contributed by atoms with Gasteiger partial charge in [-0.2, -0.15) is 0 Å². The van der Waals surface area contributed by atoms with E-state index < -0.39 is 5.60 Å². The molecule has 4 saturated carbocycles. The molecule has 0 aromatic heterocycles. The van der Waals surface area contributed by atoms with Gasteiger partial charge in [-0.1, -0.05) is 59.8 Å². The number of fused-ring (bicyclic) bond motifs is 5. The van der Waals surface area contributed by atoms with Gasteiger partial charge < -0.3 is 5.11 Å². The average Bonchev–Trinajstić information content (AvgIpc) is 3.03. The lowest BCUT2D eigenvalue weighted by molar-refractivity contribution is -0.146. The first kappa shape index (κ1) is 23.1. The van der Waals surface area contributed by atoms with Crippen molar-refractivity contribution in [1.82, 2.24) is 0 Å². The molecule has 0 aromatic rings. The Morgan fingerprint density at radius 1 is 0.833 bits per heavy atom. The summed E-state index contributed by atoms with van der Waals surface area (Å²) in [5, 5.41) is 10.7. The summed E-state index contributed by atoms with van der Waals surface area (Å²) in [7, 11) is 0. The molecule has 0 heterocycles. The minimum Gasteiger partial charge on any atom is -0.390 e. The number of hydrogen-bond donors (Lipinski definition) is 1. The van der Waals surface area contributed by atoms with Gasteiger partial charge in [-0.15, -0.1) is 0 Å². The zero-order valence-electron chi connectivity index (χ0n) is 21.0. The van der Waals surface area contributed by atoms with Crippen molar-refractivity contribution in [2.24, 2.45) is 46.3 Å². The van der Waals surface area contributed by atoms with Gasteiger partial charge in [0.25, 0.3) is 0 Å². The molecule has 4 aliphatic rings. The molecule has 0 saturated heterocycles. The monoisotopic (exact) mass is 416 g/mol. The molecule has 1 N–H and O–H groups in total. The quantitative estimate of drug-likeness (QED) is 0.441. The van der Waals surface area contributed by atoms with Crippen molar-refractivity contribution < 1.29 is 5.11 Å². The van der Waals surface area contributed by atoms with Crippen LogP contribution in [0.3, 0.4) is 0 Å². The van der Waals surface area contributed by atoms with Crippen LogP contribution in [0.2, 0.25) is 0 Å². The van der Waals surface area contributed by atoms with Gasteiger partial charge in [0, 0.05) is 0 Å². The Kier molecular flexibility index (Phi) is 6.72. The molecule has 4 fully saturated rings. The summed E-state index contributed by atoms with van der Waals surface area (Å²) in [4.78, 5) is 0. The fraction of sp³-hybridized carbons (Fsp3) is 1.00. The maximum atomic E-state index is 10.7. The predicted octanol–water partition coefficient (Wildman–Crippen LogP) is 8.39. The molecular formula is C29H52O. The van der Waals surface area contributed by atoms with E-state index in [0.29, 0.717) is 10.8 Å². The summed E-state index contributed by atoms with van der Waals surface area (Å²) in [5.41, 5.74) is 0.753. The van der Waals surface area contributed by atoms with Gasteiger partial charge in [-0.05, 0) is 117 Å². The Balaban J connectivity index is 1.38. The Labute approximate surface area is 188 Å². The number of hydrogen-bond acceptors (Lipinski definition) is 1. The predicted molar refractivity (Wildman–Crippen MR) is 128 cm³/mol. The fourth-order valence-corrected chi connectivity index (χ4v) is 9.42. The van der Waals surface area contributed by atoms with E-state index in [9.17, 15) is 5.11 Å². The van der Waals surface area contributed by atoms with Gasteiger partial charge in [0.1, 0.15) is 0 Å². The molecule has 0 amide bonds. The second-order valence-electron chi connectivity index (χ2n) is 13.4. The third kappa shape index (κ3) is 4.15. The lowest BCUT2D eigenvalue weighted by atomic mass is 9.44. The van der Waals surface area contributed by atoms with Gasteiger partial charge in [-0.3, -0.25) is 0 Å². The standard InChI is InChI=1S/C29H52O/c1-6-7-9-21(2)10-8-11-22-13-15-25-24-14-12-23-20-27(3,30)18-19-29(23,5)26(24)16-17-28(22,25)4/h21-26,30H,6-20H2,1-5H3/t21?,22-,23?,24?,25?,26?,27-,28+,29?/m0/s1.